The van der Waals surface area contributed by atoms with Gasteiger partial charge in [0.05, 0.1) is 5.56 Å². The second-order valence-electron chi connectivity index (χ2n) is 3.68. The lowest BCUT2D eigenvalue weighted by Crippen LogP contribution is -2.19. The zero-order valence-corrected chi connectivity index (χ0v) is 7.86. The lowest BCUT2D eigenvalue weighted by atomic mass is 9.85. The van der Waals surface area contributed by atoms with Crippen molar-refractivity contribution >= 4 is 5.97 Å². The molecular weight excluding hydrogens is 178 g/mol. The van der Waals surface area contributed by atoms with E-state index in [4.69, 9.17) is 10.8 Å². The van der Waals surface area contributed by atoms with Crippen LogP contribution in [0.25, 0.3) is 0 Å². The molecule has 0 aromatic heterocycles. The number of aromatic carboxylic acids is 1. The summed E-state index contributed by atoms with van der Waals surface area (Å²) in [7, 11) is 0. The highest BCUT2D eigenvalue weighted by molar-refractivity contribution is 5.90. The van der Waals surface area contributed by atoms with Crippen molar-refractivity contribution in [3.8, 4) is 0 Å². The predicted molar refractivity (Wildman–Crippen MR) is 53.3 cm³/mol. The highest BCUT2D eigenvalue weighted by atomic mass is 16.4. The third-order valence-corrected chi connectivity index (χ3v) is 2.78. The van der Waals surface area contributed by atoms with E-state index in [2.05, 4.69) is 0 Å². The van der Waals surface area contributed by atoms with Crippen molar-refractivity contribution in [3.05, 3.63) is 34.9 Å². The Kier molecular flexibility index (Phi) is 2.25. The van der Waals surface area contributed by atoms with E-state index in [-0.39, 0.29) is 6.04 Å². The summed E-state index contributed by atoms with van der Waals surface area (Å²) in [4.78, 5) is 10.9. The SMILES string of the molecule is NC1CCCc2c(C(=O)O)cccc21. The van der Waals surface area contributed by atoms with Gasteiger partial charge in [-0.25, -0.2) is 4.79 Å². The smallest absolute Gasteiger partial charge is 0.335 e. The molecule has 3 N–H and O–H groups in total. The minimum absolute atomic E-state index is 0.0121. The van der Waals surface area contributed by atoms with Crippen LogP contribution in [-0.2, 0) is 6.42 Å². The summed E-state index contributed by atoms with van der Waals surface area (Å²) < 4.78 is 0. The summed E-state index contributed by atoms with van der Waals surface area (Å²) in [5.74, 6) is -0.851. The summed E-state index contributed by atoms with van der Waals surface area (Å²) in [6.07, 6.45) is 2.78. The van der Waals surface area contributed by atoms with Gasteiger partial charge in [-0.15, -0.1) is 0 Å². The van der Waals surface area contributed by atoms with Crippen molar-refractivity contribution in [2.45, 2.75) is 25.3 Å². The van der Waals surface area contributed by atoms with Gasteiger partial charge in [0.2, 0.25) is 0 Å². The number of carboxylic acid groups (broad SMARTS) is 1. The molecule has 0 bridgehead atoms. The van der Waals surface area contributed by atoms with Crippen LogP contribution in [0.1, 0.15) is 40.4 Å². The quantitative estimate of drug-likeness (QED) is 0.710. The molecule has 0 fully saturated rings. The first-order valence-corrected chi connectivity index (χ1v) is 4.81. The largest absolute Gasteiger partial charge is 0.478 e. The molecule has 3 nitrogen and oxygen atoms in total. The zero-order chi connectivity index (χ0) is 10.1. The van der Waals surface area contributed by atoms with E-state index in [0.29, 0.717) is 5.56 Å². The van der Waals surface area contributed by atoms with Crippen molar-refractivity contribution in [2.75, 3.05) is 0 Å². The molecule has 3 heteroatoms. The second-order valence-corrected chi connectivity index (χ2v) is 3.68. The summed E-state index contributed by atoms with van der Waals surface area (Å²) >= 11 is 0. The van der Waals surface area contributed by atoms with Crippen molar-refractivity contribution in [1.29, 1.82) is 0 Å². The van der Waals surface area contributed by atoms with E-state index < -0.39 is 5.97 Å². The second kappa shape index (κ2) is 3.42. The predicted octanol–water partition coefficient (Wildman–Crippen LogP) is 1.72. The van der Waals surface area contributed by atoms with E-state index in [9.17, 15) is 4.79 Å². The highest BCUT2D eigenvalue weighted by Crippen LogP contribution is 2.29. The third-order valence-electron chi connectivity index (χ3n) is 2.78. The number of nitrogens with two attached hydrogens (primary N) is 1. The Bertz CT molecular complexity index is 374. The lowest BCUT2D eigenvalue weighted by molar-refractivity contribution is 0.0695. The average molecular weight is 191 g/mol. The summed E-state index contributed by atoms with van der Waals surface area (Å²) in [5, 5.41) is 8.99. The molecule has 1 aromatic carbocycles. The fourth-order valence-corrected chi connectivity index (χ4v) is 2.09. The van der Waals surface area contributed by atoms with E-state index in [1.54, 1.807) is 12.1 Å². The maximum absolute atomic E-state index is 10.9. The van der Waals surface area contributed by atoms with Crippen LogP contribution in [-0.4, -0.2) is 11.1 Å². The van der Waals surface area contributed by atoms with Gasteiger partial charge in [0.1, 0.15) is 0 Å². The van der Waals surface area contributed by atoms with Gasteiger partial charge in [-0.1, -0.05) is 12.1 Å². The van der Waals surface area contributed by atoms with Gasteiger partial charge >= 0.3 is 5.97 Å². The molecule has 0 aliphatic heterocycles. The van der Waals surface area contributed by atoms with Gasteiger partial charge in [0.15, 0.2) is 0 Å². The molecule has 1 unspecified atom stereocenters. The van der Waals surface area contributed by atoms with Crippen molar-refractivity contribution in [1.82, 2.24) is 0 Å². The molecule has 0 spiro atoms. The van der Waals surface area contributed by atoms with E-state index in [1.807, 2.05) is 6.07 Å². The maximum atomic E-state index is 10.9. The molecule has 1 atom stereocenters. The third kappa shape index (κ3) is 1.40. The minimum Gasteiger partial charge on any atom is -0.478 e. The molecule has 0 saturated carbocycles. The van der Waals surface area contributed by atoms with Gasteiger partial charge in [-0.3, -0.25) is 0 Å². The van der Waals surface area contributed by atoms with Crippen LogP contribution >= 0.6 is 0 Å². The zero-order valence-electron chi connectivity index (χ0n) is 7.86. The van der Waals surface area contributed by atoms with Crippen LogP contribution in [0.3, 0.4) is 0 Å². The summed E-state index contributed by atoms with van der Waals surface area (Å²) in [6, 6.07) is 5.37. The van der Waals surface area contributed by atoms with Crippen LogP contribution < -0.4 is 5.73 Å². The number of hydrogen-bond acceptors (Lipinski definition) is 2. The van der Waals surface area contributed by atoms with Crippen LogP contribution in [0.2, 0.25) is 0 Å². The Balaban J connectivity index is 2.55. The maximum Gasteiger partial charge on any atom is 0.335 e. The Morgan fingerprint density at radius 2 is 2.29 bits per heavy atom. The average Bonchev–Trinajstić information content (AvgIpc) is 2.17. The molecule has 1 aliphatic rings. The van der Waals surface area contributed by atoms with Crippen LogP contribution in [0.4, 0.5) is 0 Å². The first-order valence-electron chi connectivity index (χ1n) is 4.81. The van der Waals surface area contributed by atoms with Crippen molar-refractivity contribution in [3.63, 3.8) is 0 Å². The van der Waals surface area contributed by atoms with E-state index >= 15 is 0 Å². The summed E-state index contributed by atoms with van der Waals surface area (Å²) in [5.41, 5.74) is 8.28. The molecule has 1 aliphatic carbocycles. The van der Waals surface area contributed by atoms with Crippen LogP contribution in [0.5, 0.6) is 0 Å². The topological polar surface area (TPSA) is 63.3 Å². The van der Waals surface area contributed by atoms with E-state index in [0.717, 1.165) is 30.4 Å². The monoisotopic (exact) mass is 191 g/mol. The molecule has 0 heterocycles. The number of hydrogen-bond donors (Lipinski definition) is 2. The first-order chi connectivity index (χ1) is 6.70. The molecule has 74 valence electrons. The van der Waals surface area contributed by atoms with Gasteiger partial charge in [0.25, 0.3) is 0 Å². The number of fused-ring (bicyclic) bond motifs is 1. The number of benzene rings is 1. The fraction of sp³-hybridized carbons (Fsp3) is 0.364. The highest BCUT2D eigenvalue weighted by Gasteiger charge is 2.21. The van der Waals surface area contributed by atoms with Crippen LogP contribution in [0.15, 0.2) is 18.2 Å². The molecule has 0 saturated heterocycles. The summed E-state index contributed by atoms with van der Waals surface area (Å²) in [6.45, 7) is 0. The first kappa shape index (κ1) is 9.21. The van der Waals surface area contributed by atoms with Crippen molar-refractivity contribution in [2.24, 2.45) is 5.73 Å². The van der Waals surface area contributed by atoms with E-state index in [1.165, 1.54) is 0 Å². The normalized spacial score (nSPS) is 20.2. The molecule has 0 amide bonds. The van der Waals surface area contributed by atoms with Gasteiger partial charge in [0, 0.05) is 6.04 Å². The van der Waals surface area contributed by atoms with Gasteiger partial charge in [-0.05, 0) is 36.5 Å². The number of carbonyl (C=O) groups is 1. The Morgan fingerprint density at radius 1 is 1.50 bits per heavy atom. The number of rotatable bonds is 1. The number of carboxylic acids is 1. The molecule has 14 heavy (non-hydrogen) atoms. The van der Waals surface area contributed by atoms with Crippen LogP contribution in [0, 0.1) is 0 Å². The van der Waals surface area contributed by atoms with Gasteiger partial charge < -0.3 is 10.8 Å². The van der Waals surface area contributed by atoms with Gasteiger partial charge in [-0.2, -0.15) is 0 Å². The minimum atomic E-state index is -0.851. The molecule has 1 aromatic rings. The molecular formula is C11H13NO2. The lowest BCUT2D eigenvalue weighted by Gasteiger charge is -2.23. The van der Waals surface area contributed by atoms with Crippen molar-refractivity contribution < 1.29 is 9.90 Å². The molecule has 0 radical (unpaired) electrons. The Morgan fingerprint density at radius 3 is 3.00 bits per heavy atom. The Hall–Kier alpha value is -1.35. The fourth-order valence-electron chi connectivity index (χ4n) is 2.09. The standard InChI is InChI=1S/C11H13NO2/c12-10-6-2-3-7-8(10)4-1-5-9(7)11(13)14/h1,4-5,10H,2-3,6,12H2,(H,13,14). The Labute approximate surface area is 82.5 Å². The molecule has 2 rings (SSSR count).